The van der Waals surface area contributed by atoms with Crippen molar-refractivity contribution >= 4 is 69.6 Å². The number of nitrogens with zero attached hydrogens (tertiary/aromatic N) is 1. The number of ether oxygens (including phenoxy) is 1. The van der Waals surface area contributed by atoms with E-state index in [4.69, 9.17) is 40.2 Å². The molecule has 33 heavy (non-hydrogen) atoms. The van der Waals surface area contributed by atoms with Crippen molar-refractivity contribution in [2.75, 3.05) is 17.3 Å². The van der Waals surface area contributed by atoms with Gasteiger partial charge in [0.25, 0.3) is 17.7 Å². The highest BCUT2D eigenvalue weighted by Crippen LogP contribution is 2.34. The number of rotatable bonds is 4. The maximum absolute atomic E-state index is 12.6. The van der Waals surface area contributed by atoms with Gasteiger partial charge in [0.2, 0.25) is 0 Å². The molecule has 0 atom stereocenters. The Kier molecular flexibility index (Phi) is 6.33. The molecule has 0 unspecified atom stereocenters. The first-order valence-electron chi connectivity index (χ1n) is 9.53. The van der Waals surface area contributed by atoms with Crippen LogP contribution in [0.5, 0.6) is 5.75 Å². The molecule has 0 aromatic heterocycles. The Balaban J connectivity index is 1.43. The zero-order valence-electron chi connectivity index (χ0n) is 17.0. The molecular formula is C23H15Cl2N3O4S. The molecule has 7 nitrogen and oxygen atoms in total. The summed E-state index contributed by atoms with van der Waals surface area (Å²) in [6.07, 6.45) is 0. The quantitative estimate of drug-likeness (QED) is 0.390. The van der Waals surface area contributed by atoms with Crippen LogP contribution >= 0.6 is 35.4 Å². The number of hydrogen-bond donors (Lipinski definition) is 2. The van der Waals surface area contributed by atoms with Gasteiger partial charge in [-0.3, -0.25) is 19.7 Å². The molecule has 166 valence electrons. The minimum Gasteiger partial charge on any atom is -0.494 e. The van der Waals surface area contributed by atoms with Crippen molar-refractivity contribution in [3.05, 3.63) is 87.4 Å². The number of carbonyl (C=O) groups excluding carboxylic acids is 3. The normalized spacial score (nSPS) is 12.4. The van der Waals surface area contributed by atoms with Crippen molar-refractivity contribution in [2.45, 2.75) is 0 Å². The second-order valence-electron chi connectivity index (χ2n) is 6.92. The first-order valence-corrected chi connectivity index (χ1v) is 10.7. The van der Waals surface area contributed by atoms with E-state index in [1.807, 2.05) is 0 Å². The van der Waals surface area contributed by atoms with E-state index in [1.165, 1.54) is 19.2 Å². The number of benzene rings is 3. The second kappa shape index (κ2) is 9.19. The Labute approximate surface area is 204 Å². The van der Waals surface area contributed by atoms with Crippen LogP contribution in [0.1, 0.15) is 31.1 Å². The first-order chi connectivity index (χ1) is 15.8. The predicted molar refractivity (Wildman–Crippen MR) is 131 cm³/mol. The van der Waals surface area contributed by atoms with E-state index in [0.29, 0.717) is 22.5 Å². The van der Waals surface area contributed by atoms with E-state index >= 15 is 0 Å². The van der Waals surface area contributed by atoms with E-state index in [1.54, 1.807) is 48.5 Å². The summed E-state index contributed by atoms with van der Waals surface area (Å²) in [6, 6.07) is 16.0. The Hall–Kier alpha value is -3.46. The average molecular weight is 500 g/mol. The molecule has 0 bridgehead atoms. The largest absolute Gasteiger partial charge is 0.494 e. The third kappa shape index (κ3) is 4.41. The van der Waals surface area contributed by atoms with Gasteiger partial charge in [0.1, 0.15) is 0 Å². The lowest BCUT2D eigenvalue weighted by Gasteiger charge is -2.15. The van der Waals surface area contributed by atoms with Gasteiger partial charge in [0.15, 0.2) is 10.9 Å². The molecule has 0 saturated carbocycles. The molecule has 4 rings (SSSR count). The maximum atomic E-state index is 12.6. The molecule has 1 heterocycles. The summed E-state index contributed by atoms with van der Waals surface area (Å²) in [7, 11) is 1.42. The monoisotopic (exact) mass is 499 g/mol. The Morgan fingerprint density at radius 3 is 2.00 bits per heavy atom. The van der Waals surface area contributed by atoms with Gasteiger partial charge in [-0.25, -0.2) is 4.90 Å². The third-order valence-corrected chi connectivity index (χ3v) is 5.63. The first kappa shape index (κ1) is 22.7. The number of carbonyl (C=O) groups is 3. The molecule has 0 saturated heterocycles. The summed E-state index contributed by atoms with van der Waals surface area (Å²) >= 11 is 17.3. The van der Waals surface area contributed by atoms with Crippen LogP contribution in [0.15, 0.2) is 60.7 Å². The summed E-state index contributed by atoms with van der Waals surface area (Å²) in [5, 5.41) is 5.83. The fourth-order valence-electron chi connectivity index (χ4n) is 3.34. The maximum Gasteiger partial charge on any atom is 0.266 e. The average Bonchev–Trinajstić information content (AvgIpc) is 3.04. The van der Waals surface area contributed by atoms with Gasteiger partial charge in [0, 0.05) is 11.3 Å². The topological polar surface area (TPSA) is 87.7 Å². The van der Waals surface area contributed by atoms with Crippen LogP contribution in [-0.4, -0.2) is 29.9 Å². The highest BCUT2D eigenvalue weighted by molar-refractivity contribution is 7.80. The van der Waals surface area contributed by atoms with Crippen molar-refractivity contribution in [3.63, 3.8) is 0 Å². The van der Waals surface area contributed by atoms with Crippen molar-refractivity contribution < 1.29 is 19.1 Å². The lowest BCUT2D eigenvalue weighted by molar-refractivity contribution is 0.0923. The third-order valence-electron chi connectivity index (χ3n) is 4.87. The molecule has 2 N–H and O–H groups in total. The number of fused-ring (bicyclic) bond motifs is 1. The molecule has 0 fully saturated rings. The fraction of sp³-hybridized carbons (Fsp3) is 0.0435. The SMILES string of the molecule is COc1c(Cl)cc(C(=O)NC(=S)Nc2ccc(N3C(=O)c4ccccc4C3=O)cc2)cc1Cl. The number of amides is 3. The molecule has 10 heteroatoms. The number of methoxy groups -OCH3 is 1. The smallest absolute Gasteiger partial charge is 0.266 e. The predicted octanol–water partition coefficient (Wildman–Crippen LogP) is 4.93. The molecule has 1 aliphatic heterocycles. The van der Waals surface area contributed by atoms with Gasteiger partial charge in [-0.15, -0.1) is 0 Å². The van der Waals surface area contributed by atoms with Crippen LogP contribution in [0.3, 0.4) is 0 Å². The van der Waals surface area contributed by atoms with E-state index in [9.17, 15) is 14.4 Å². The molecule has 3 aromatic carbocycles. The second-order valence-corrected chi connectivity index (χ2v) is 8.14. The van der Waals surface area contributed by atoms with Crippen LogP contribution in [0.4, 0.5) is 11.4 Å². The number of halogens is 2. The minimum atomic E-state index is -0.512. The number of imide groups is 1. The molecule has 1 aliphatic rings. The lowest BCUT2D eigenvalue weighted by Crippen LogP contribution is -2.34. The number of nitrogens with one attached hydrogen (secondary N) is 2. The van der Waals surface area contributed by atoms with E-state index < -0.39 is 5.91 Å². The summed E-state index contributed by atoms with van der Waals surface area (Å²) in [5.74, 6) is -0.998. The highest BCUT2D eigenvalue weighted by atomic mass is 35.5. The van der Waals surface area contributed by atoms with Gasteiger partial charge in [-0.2, -0.15) is 0 Å². The molecule has 0 aliphatic carbocycles. The standard InChI is InChI=1S/C23H15Cl2N3O4S/c1-32-19-17(24)10-12(11-18(19)25)20(29)27-23(33)26-13-6-8-14(9-7-13)28-21(30)15-4-2-3-5-16(15)22(28)31/h2-11H,1H3,(H2,26,27,29,33). The zero-order chi connectivity index (χ0) is 23.7. The van der Waals surface area contributed by atoms with Crippen molar-refractivity contribution in [3.8, 4) is 5.75 Å². The van der Waals surface area contributed by atoms with E-state index in [-0.39, 0.29) is 38.3 Å². The van der Waals surface area contributed by atoms with Gasteiger partial charge in [0.05, 0.1) is 34.0 Å². The number of hydrogen-bond acceptors (Lipinski definition) is 5. The summed E-state index contributed by atoms with van der Waals surface area (Å²) in [4.78, 5) is 38.8. The number of thiocarbonyl (C=S) groups is 1. The van der Waals surface area contributed by atoms with Crippen LogP contribution in [0.25, 0.3) is 0 Å². The van der Waals surface area contributed by atoms with Crippen molar-refractivity contribution in [1.29, 1.82) is 0 Å². The summed E-state index contributed by atoms with van der Waals surface area (Å²) < 4.78 is 5.07. The highest BCUT2D eigenvalue weighted by Gasteiger charge is 2.36. The summed E-state index contributed by atoms with van der Waals surface area (Å²) in [6.45, 7) is 0. The Bertz CT molecular complexity index is 1250. The van der Waals surface area contributed by atoms with Crippen molar-refractivity contribution in [1.82, 2.24) is 5.32 Å². The molecule has 3 aromatic rings. The Morgan fingerprint density at radius 1 is 0.939 bits per heavy atom. The van der Waals surface area contributed by atoms with Gasteiger partial charge in [-0.1, -0.05) is 35.3 Å². The molecule has 0 spiro atoms. The Morgan fingerprint density at radius 2 is 1.48 bits per heavy atom. The van der Waals surface area contributed by atoms with Crippen LogP contribution in [0.2, 0.25) is 10.0 Å². The van der Waals surface area contributed by atoms with Crippen LogP contribution < -0.4 is 20.3 Å². The zero-order valence-corrected chi connectivity index (χ0v) is 19.3. The van der Waals surface area contributed by atoms with Gasteiger partial charge >= 0.3 is 0 Å². The molecule has 3 amide bonds. The fourth-order valence-corrected chi connectivity index (χ4v) is 4.19. The van der Waals surface area contributed by atoms with Crippen LogP contribution in [0, 0.1) is 0 Å². The van der Waals surface area contributed by atoms with Gasteiger partial charge in [-0.05, 0) is 60.7 Å². The molecule has 0 radical (unpaired) electrons. The summed E-state index contributed by atoms with van der Waals surface area (Å²) in [5.41, 5.74) is 1.91. The van der Waals surface area contributed by atoms with Gasteiger partial charge < -0.3 is 10.1 Å². The van der Waals surface area contributed by atoms with E-state index in [0.717, 1.165) is 4.90 Å². The minimum absolute atomic E-state index is 0.0385. The number of anilines is 2. The molecular weight excluding hydrogens is 485 g/mol. The van der Waals surface area contributed by atoms with Crippen LogP contribution in [-0.2, 0) is 0 Å². The van der Waals surface area contributed by atoms with Crippen molar-refractivity contribution in [2.24, 2.45) is 0 Å². The lowest BCUT2D eigenvalue weighted by atomic mass is 10.1. The van der Waals surface area contributed by atoms with E-state index in [2.05, 4.69) is 10.6 Å².